The van der Waals surface area contributed by atoms with E-state index in [0.29, 0.717) is 16.3 Å². The maximum Gasteiger partial charge on any atom is 0.404 e. The van der Waals surface area contributed by atoms with Gasteiger partial charge in [-0.25, -0.2) is 9.59 Å². The van der Waals surface area contributed by atoms with Crippen LogP contribution < -0.4 is 21.7 Å². The van der Waals surface area contributed by atoms with Crippen LogP contribution in [0.3, 0.4) is 0 Å². The highest BCUT2D eigenvalue weighted by atomic mass is 16.7. The molecule has 1 unspecified atom stereocenters. The number of rotatable bonds is 13. The smallest absolute Gasteiger partial charge is 0.404 e. The first kappa shape index (κ1) is 29.7. The van der Waals surface area contributed by atoms with Crippen molar-refractivity contribution in [1.29, 1.82) is 0 Å². The van der Waals surface area contributed by atoms with Crippen LogP contribution in [-0.4, -0.2) is 59.2 Å². The van der Waals surface area contributed by atoms with Crippen molar-refractivity contribution in [2.24, 2.45) is 11.7 Å². The van der Waals surface area contributed by atoms with Crippen LogP contribution in [0.5, 0.6) is 0 Å². The molecule has 14 heteroatoms. The van der Waals surface area contributed by atoms with E-state index in [0.717, 1.165) is 0 Å². The Morgan fingerprint density at radius 1 is 0.974 bits per heavy atom. The van der Waals surface area contributed by atoms with Gasteiger partial charge in [0.1, 0.15) is 12.6 Å². The van der Waals surface area contributed by atoms with Crippen molar-refractivity contribution in [3.8, 4) is 0 Å². The second-order valence-corrected chi connectivity index (χ2v) is 8.76. The number of imide groups is 1. The zero-order valence-electron chi connectivity index (χ0n) is 21.1. The highest BCUT2D eigenvalue weighted by Gasteiger charge is 2.32. The zero-order valence-corrected chi connectivity index (χ0v) is 21.1. The summed E-state index contributed by atoms with van der Waals surface area (Å²) in [6.45, 7) is 3.09. The van der Waals surface area contributed by atoms with Crippen molar-refractivity contribution in [3.63, 3.8) is 0 Å². The normalized spacial score (nSPS) is 13.6. The van der Waals surface area contributed by atoms with Crippen LogP contribution in [0, 0.1) is 5.92 Å². The van der Waals surface area contributed by atoms with Crippen molar-refractivity contribution in [2.75, 3.05) is 11.9 Å². The third-order valence-corrected chi connectivity index (χ3v) is 5.29. The summed E-state index contributed by atoms with van der Waals surface area (Å²) in [6, 6.07) is 5.52. The second-order valence-electron chi connectivity index (χ2n) is 8.76. The number of amides is 6. The maximum atomic E-state index is 12.6. The van der Waals surface area contributed by atoms with Gasteiger partial charge in [0.2, 0.25) is 17.7 Å². The van der Waals surface area contributed by atoms with Crippen LogP contribution in [0.4, 0.5) is 10.5 Å². The molecule has 38 heavy (non-hydrogen) atoms. The van der Waals surface area contributed by atoms with Crippen LogP contribution in [-0.2, 0) is 44.9 Å². The Morgan fingerprint density at radius 3 is 2.18 bits per heavy atom. The van der Waals surface area contributed by atoms with Gasteiger partial charge in [0.25, 0.3) is 11.8 Å². The molecule has 1 heterocycles. The third-order valence-electron chi connectivity index (χ3n) is 5.29. The van der Waals surface area contributed by atoms with E-state index < -0.39 is 47.6 Å². The zero-order chi connectivity index (χ0) is 28.2. The number of nitrogens with one attached hydrogen (secondary N) is 3. The largest absolute Gasteiger partial charge is 0.445 e. The molecule has 0 aromatic heterocycles. The Kier molecular flexibility index (Phi) is 11.2. The number of hydroxylamine groups is 2. The molecule has 1 saturated heterocycles. The second kappa shape index (κ2) is 14.3. The number of anilines is 1. The van der Waals surface area contributed by atoms with Crippen molar-refractivity contribution in [3.05, 3.63) is 29.8 Å². The third kappa shape index (κ3) is 9.87. The van der Waals surface area contributed by atoms with Gasteiger partial charge >= 0.3 is 12.1 Å². The summed E-state index contributed by atoms with van der Waals surface area (Å²) in [5, 5.41) is 8.10. The van der Waals surface area contributed by atoms with Gasteiger partial charge in [-0.2, -0.15) is 0 Å². The Labute approximate surface area is 218 Å². The quantitative estimate of drug-likeness (QED) is 0.256. The number of nitrogens with zero attached hydrogens (tertiary/aromatic N) is 1. The maximum absolute atomic E-state index is 12.6. The van der Waals surface area contributed by atoms with Crippen LogP contribution >= 0.6 is 0 Å². The summed E-state index contributed by atoms with van der Waals surface area (Å²) >= 11 is 0. The molecule has 6 amide bonds. The monoisotopic (exact) mass is 533 g/mol. The van der Waals surface area contributed by atoms with Gasteiger partial charge in [-0.3, -0.25) is 24.0 Å². The average Bonchev–Trinajstić information content (AvgIpc) is 3.17. The van der Waals surface area contributed by atoms with Crippen molar-refractivity contribution in [1.82, 2.24) is 15.7 Å². The highest BCUT2D eigenvalue weighted by Crippen LogP contribution is 2.14. The molecule has 1 atom stereocenters. The average molecular weight is 534 g/mol. The minimum Gasteiger partial charge on any atom is -0.445 e. The molecule has 1 aromatic rings. The van der Waals surface area contributed by atoms with E-state index in [9.17, 15) is 33.6 Å². The standard InChI is InChI=1S/C24H31N5O9/c1-14(2)22(28-17(30)4-3-5-21(34)38-29-19(32)10-11-20(29)33)23(35)26-12-18(31)27-16-8-6-15(7-9-16)13-37-24(25)36/h6-9,14,22H,3-5,10-13H2,1-2H3,(H2,25,36)(H,26,35)(H,27,31)(H,28,30). The number of hydrogen-bond acceptors (Lipinski definition) is 9. The van der Waals surface area contributed by atoms with Gasteiger partial charge in [-0.15, -0.1) is 5.06 Å². The lowest BCUT2D eigenvalue weighted by Gasteiger charge is -2.21. The summed E-state index contributed by atoms with van der Waals surface area (Å²) in [5.41, 5.74) is 6.03. The number of nitrogens with two attached hydrogens (primary N) is 1. The highest BCUT2D eigenvalue weighted by molar-refractivity contribution is 6.01. The fraction of sp³-hybridized carbons (Fsp3) is 0.458. The van der Waals surface area contributed by atoms with E-state index in [1.54, 1.807) is 38.1 Å². The van der Waals surface area contributed by atoms with Gasteiger partial charge in [0.05, 0.1) is 6.54 Å². The lowest BCUT2D eigenvalue weighted by atomic mass is 10.0. The molecule has 14 nitrogen and oxygen atoms in total. The van der Waals surface area contributed by atoms with Gasteiger partial charge in [-0.1, -0.05) is 26.0 Å². The molecule has 206 valence electrons. The van der Waals surface area contributed by atoms with E-state index in [4.69, 9.17) is 10.6 Å². The number of carbonyl (C=O) groups is 7. The van der Waals surface area contributed by atoms with E-state index in [1.807, 2.05) is 0 Å². The summed E-state index contributed by atoms with van der Waals surface area (Å²) in [6.07, 6.45) is -1.17. The van der Waals surface area contributed by atoms with E-state index in [1.165, 1.54) is 0 Å². The van der Waals surface area contributed by atoms with Gasteiger partial charge in [0.15, 0.2) is 0 Å². The van der Waals surface area contributed by atoms with Gasteiger partial charge in [-0.05, 0) is 30.0 Å². The fourth-order valence-electron chi connectivity index (χ4n) is 3.30. The van der Waals surface area contributed by atoms with Crippen molar-refractivity contribution < 1.29 is 43.1 Å². The van der Waals surface area contributed by atoms with Crippen LogP contribution in [0.25, 0.3) is 0 Å². The Balaban J connectivity index is 1.73. The molecule has 0 aliphatic carbocycles. The minimum absolute atomic E-state index is 0.00731. The molecule has 1 aliphatic rings. The van der Waals surface area contributed by atoms with Gasteiger partial charge in [0, 0.05) is 31.4 Å². The lowest BCUT2D eigenvalue weighted by molar-refractivity contribution is -0.197. The summed E-state index contributed by atoms with van der Waals surface area (Å²) in [5.74, 6) is -3.86. The number of ether oxygens (including phenoxy) is 1. The van der Waals surface area contributed by atoms with Crippen molar-refractivity contribution in [2.45, 2.75) is 58.6 Å². The number of benzene rings is 1. The van der Waals surface area contributed by atoms with Crippen LogP contribution in [0.1, 0.15) is 51.5 Å². The molecular formula is C24H31N5O9. The Hall–Kier alpha value is -4.49. The van der Waals surface area contributed by atoms with E-state index in [-0.39, 0.29) is 51.2 Å². The molecule has 5 N–H and O–H groups in total. The first-order valence-electron chi connectivity index (χ1n) is 11.9. The molecular weight excluding hydrogens is 502 g/mol. The lowest BCUT2D eigenvalue weighted by Crippen LogP contribution is -2.51. The first-order chi connectivity index (χ1) is 18.0. The topological polar surface area (TPSA) is 203 Å². The number of primary amides is 1. The van der Waals surface area contributed by atoms with E-state index >= 15 is 0 Å². The predicted octanol–water partition coefficient (Wildman–Crippen LogP) is 0.255. The summed E-state index contributed by atoms with van der Waals surface area (Å²) in [7, 11) is 0. The fourth-order valence-corrected chi connectivity index (χ4v) is 3.30. The summed E-state index contributed by atoms with van der Waals surface area (Å²) < 4.78 is 4.68. The SMILES string of the molecule is CC(C)C(NC(=O)CCCC(=O)ON1C(=O)CCC1=O)C(=O)NCC(=O)Nc1ccc(COC(N)=O)cc1. The molecule has 0 radical (unpaired) electrons. The first-order valence-corrected chi connectivity index (χ1v) is 11.9. The molecule has 0 bridgehead atoms. The van der Waals surface area contributed by atoms with Gasteiger partial charge < -0.3 is 31.3 Å². The number of carbonyl (C=O) groups excluding carboxylic acids is 7. The molecule has 1 aliphatic heterocycles. The molecule has 2 rings (SSSR count). The molecule has 1 aromatic carbocycles. The number of hydrogen-bond donors (Lipinski definition) is 4. The molecule has 0 saturated carbocycles. The Morgan fingerprint density at radius 2 is 1.61 bits per heavy atom. The van der Waals surface area contributed by atoms with Crippen LogP contribution in [0.15, 0.2) is 24.3 Å². The van der Waals surface area contributed by atoms with Crippen molar-refractivity contribution >= 4 is 47.3 Å². The predicted molar refractivity (Wildman–Crippen MR) is 130 cm³/mol. The van der Waals surface area contributed by atoms with Crippen LogP contribution in [0.2, 0.25) is 0 Å². The molecule has 1 fully saturated rings. The summed E-state index contributed by atoms with van der Waals surface area (Å²) in [4.78, 5) is 87.3. The Bertz CT molecular complexity index is 1060. The minimum atomic E-state index is -0.924. The molecule has 0 spiro atoms. The van der Waals surface area contributed by atoms with E-state index in [2.05, 4.69) is 20.7 Å².